The van der Waals surface area contributed by atoms with Gasteiger partial charge in [0.15, 0.2) is 0 Å². The van der Waals surface area contributed by atoms with Crippen molar-refractivity contribution < 1.29 is 23.2 Å². The van der Waals surface area contributed by atoms with Crippen molar-refractivity contribution in [1.82, 2.24) is 9.55 Å². The van der Waals surface area contributed by atoms with Crippen molar-refractivity contribution >= 4 is 7.82 Å². The van der Waals surface area contributed by atoms with Crippen LogP contribution in [0.3, 0.4) is 0 Å². The van der Waals surface area contributed by atoms with Crippen molar-refractivity contribution in [3.63, 3.8) is 0 Å². The van der Waals surface area contributed by atoms with Gasteiger partial charge in [0, 0.05) is 18.2 Å². The number of unbranched alkanes of at least 4 members (excludes halogenated alkanes) is 1. The lowest BCUT2D eigenvalue weighted by Gasteiger charge is -2.26. The van der Waals surface area contributed by atoms with Crippen LogP contribution in [0.4, 0.5) is 0 Å². The highest BCUT2D eigenvalue weighted by Gasteiger charge is 2.46. The first-order chi connectivity index (χ1) is 10.9. The molecule has 2 fully saturated rings. The zero-order chi connectivity index (χ0) is 16.6. The predicted octanol–water partition coefficient (Wildman–Crippen LogP) is 0.682. The second-order valence-electron chi connectivity index (χ2n) is 5.70. The molecule has 0 amide bonds. The Hall–Kier alpha value is -1.25. The molecule has 0 saturated carbocycles. The molecule has 10 heteroatoms. The van der Waals surface area contributed by atoms with Crippen molar-refractivity contribution in [2.45, 2.75) is 51.0 Å². The van der Waals surface area contributed by atoms with Gasteiger partial charge in [-0.2, -0.15) is 0 Å². The molecule has 3 unspecified atom stereocenters. The van der Waals surface area contributed by atoms with Crippen LogP contribution >= 0.6 is 7.82 Å². The molecule has 1 aromatic rings. The summed E-state index contributed by atoms with van der Waals surface area (Å²) in [6.45, 7) is 1.94. The third-order valence-electron chi connectivity index (χ3n) is 4.00. The average Bonchev–Trinajstić information content (AvgIpc) is 2.87. The summed E-state index contributed by atoms with van der Waals surface area (Å²) in [5.74, 6) is 0. The summed E-state index contributed by atoms with van der Waals surface area (Å²) < 4.78 is 28.1. The van der Waals surface area contributed by atoms with E-state index in [1.165, 1.54) is 10.8 Å². The van der Waals surface area contributed by atoms with E-state index in [4.69, 9.17) is 13.8 Å². The number of fused-ring (bicyclic) bond motifs is 1. The van der Waals surface area contributed by atoms with E-state index in [1.54, 1.807) is 0 Å². The third-order valence-corrected chi connectivity index (χ3v) is 5.02. The van der Waals surface area contributed by atoms with Crippen molar-refractivity contribution in [3.8, 4) is 0 Å². The number of phosphoric acid groups is 1. The van der Waals surface area contributed by atoms with Crippen LogP contribution in [0.1, 0.15) is 38.0 Å². The molecule has 0 spiro atoms. The van der Waals surface area contributed by atoms with Crippen LogP contribution in [0.15, 0.2) is 15.8 Å². The van der Waals surface area contributed by atoms with E-state index >= 15 is 0 Å². The van der Waals surface area contributed by atoms with Gasteiger partial charge in [-0.1, -0.05) is 13.3 Å². The quantitative estimate of drug-likeness (QED) is 0.769. The first-order valence-electron chi connectivity index (χ1n) is 7.55. The number of nitrogens with one attached hydrogen (secondary N) is 1. The van der Waals surface area contributed by atoms with Gasteiger partial charge in [0.25, 0.3) is 5.56 Å². The van der Waals surface area contributed by atoms with Gasteiger partial charge in [-0.05, 0) is 12.8 Å². The number of aryl methyl sites for hydroxylation is 1. The number of nitrogens with zero attached hydrogens (tertiary/aromatic N) is 1. The van der Waals surface area contributed by atoms with Crippen LogP contribution in [-0.4, -0.2) is 33.3 Å². The number of hydrogen-bond donors (Lipinski definition) is 2. The second kappa shape index (κ2) is 6.33. The van der Waals surface area contributed by atoms with Gasteiger partial charge < -0.3 is 9.63 Å². The maximum absolute atomic E-state index is 12.0. The first kappa shape index (κ1) is 16.6. The number of aromatic amines is 1. The fraction of sp³-hybridized carbons (Fsp3) is 0.692. The Morgan fingerprint density at radius 2 is 2.22 bits per heavy atom. The molecule has 0 radical (unpaired) electrons. The summed E-state index contributed by atoms with van der Waals surface area (Å²) in [4.78, 5) is 35.5. The van der Waals surface area contributed by atoms with E-state index in [2.05, 4.69) is 4.98 Å². The Kier molecular flexibility index (Phi) is 4.57. The van der Waals surface area contributed by atoms with E-state index in [0.717, 1.165) is 12.8 Å². The van der Waals surface area contributed by atoms with Crippen molar-refractivity contribution in [2.24, 2.45) is 0 Å². The van der Waals surface area contributed by atoms with Crippen LogP contribution in [-0.2, 0) is 24.8 Å². The molecule has 3 rings (SSSR count). The van der Waals surface area contributed by atoms with Gasteiger partial charge in [0.2, 0.25) is 0 Å². The molecule has 4 atom stereocenters. The monoisotopic (exact) mass is 346 g/mol. The van der Waals surface area contributed by atoms with Crippen LogP contribution in [0, 0.1) is 0 Å². The maximum Gasteiger partial charge on any atom is 0.472 e. The number of H-pyrrole nitrogens is 1. The minimum absolute atomic E-state index is 0.0737. The second-order valence-corrected chi connectivity index (χ2v) is 7.10. The minimum atomic E-state index is -4.04. The molecule has 0 aliphatic carbocycles. The predicted molar refractivity (Wildman–Crippen MR) is 79.1 cm³/mol. The highest BCUT2D eigenvalue weighted by atomic mass is 31.2. The van der Waals surface area contributed by atoms with Crippen LogP contribution in [0.2, 0.25) is 0 Å². The molecule has 3 heterocycles. The number of phosphoric ester groups is 1. The molecule has 2 aliphatic rings. The number of aromatic nitrogens is 2. The summed E-state index contributed by atoms with van der Waals surface area (Å²) in [7, 11) is -4.04. The van der Waals surface area contributed by atoms with E-state index in [0.29, 0.717) is 12.0 Å². The molecule has 23 heavy (non-hydrogen) atoms. The third kappa shape index (κ3) is 3.49. The first-order valence-corrected chi connectivity index (χ1v) is 9.04. The van der Waals surface area contributed by atoms with Crippen LogP contribution < -0.4 is 11.2 Å². The smallest absolute Gasteiger partial charge is 0.349 e. The van der Waals surface area contributed by atoms with Gasteiger partial charge in [0.1, 0.15) is 18.4 Å². The summed E-state index contributed by atoms with van der Waals surface area (Å²) in [6.07, 6.45) is 2.25. The molecule has 128 valence electrons. The number of rotatable bonds is 4. The maximum atomic E-state index is 12.0. The van der Waals surface area contributed by atoms with E-state index in [1.807, 2.05) is 6.92 Å². The zero-order valence-corrected chi connectivity index (χ0v) is 13.5. The highest BCUT2D eigenvalue weighted by Crippen LogP contribution is 2.52. The molecule has 1 aromatic heterocycles. The molecule has 0 bridgehead atoms. The SMILES string of the molecule is CCCCc1cn([C@H]2CC3OP(=O)(O)OCC3O2)c(=O)[nH]c1=O. The fourth-order valence-electron chi connectivity index (χ4n) is 2.79. The minimum Gasteiger partial charge on any atom is -0.349 e. The molecule has 9 nitrogen and oxygen atoms in total. The van der Waals surface area contributed by atoms with Gasteiger partial charge in [-0.25, -0.2) is 9.36 Å². The van der Waals surface area contributed by atoms with Crippen molar-refractivity contribution in [1.29, 1.82) is 0 Å². The van der Waals surface area contributed by atoms with Gasteiger partial charge in [-0.15, -0.1) is 0 Å². The summed E-state index contributed by atoms with van der Waals surface area (Å²) in [5, 5.41) is 0. The molecule has 2 aliphatic heterocycles. The van der Waals surface area contributed by atoms with Gasteiger partial charge in [-0.3, -0.25) is 23.4 Å². The lowest BCUT2D eigenvalue weighted by atomic mass is 10.1. The van der Waals surface area contributed by atoms with Crippen LogP contribution in [0.5, 0.6) is 0 Å². The van der Waals surface area contributed by atoms with Crippen molar-refractivity contribution in [2.75, 3.05) is 6.61 Å². The highest BCUT2D eigenvalue weighted by molar-refractivity contribution is 7.47. The standard InChI is InChI=1S/C13H19N2O7P/c1-2-3-4-8-6-15(13(17)14-12(8)16)11-5-9-10(21-11)7-20-23(18,19)22-9/h6,9-11H,2-5,7H2,1H3,(H,18,19)(H,14,16,17)/t9?,10?,11-/m1/s1. The summed E-state index contributed by atoms with van der Waals surface area (Å²) in [5.41, 5.74) is -0.462. The Balaban J connectivity index is 1.84. The molecule has 2 saturated heterocycles. The summed E-state index contributed by atoms with van der Waals surface area (Å²) >= 11 is 0. The largest absolute Gasteiger partial charge is 0.472 e. The van der Waals surface area contributed by atoms with E-state index in [9.17, 15) is 19.0 Å². The van der Waals surface area contributed by atoms with Gasteiger partial charge >= 0.3 is 13.5 Å². The van der Waals surface area contributed by atoms with E-state index < -0.39 is 37.5 Å². The molecular weight excluding hydrogens is 327 g/mol. The van der Waals surface area contributed by atoms with Crippen LogP contribution in [0.25, 0.3) is 0 Å². The number of ether oxygens (including phenoxy) is 1. The van der Waals surface area contributed by atoms with Gasteiger partial charge in [0.05, 0.1) is 6.61 Å². The molecule has 0 aromatic carbocycles. The topological polar surface area (TPSA) is 120 Å². The molecular formula is C13H19N2O7P. The van der Waals surface area contributed by atoms with Crippen molar-refractivity contribution in [3.05, 3.63) is 32.6 Å². The Morgan fingerprint density at radius 3 is 2.96 bits per heavy atom. The normalized spacial score (nSPS) is 33.6. The Morgan fingerprint density at radius 1 is 1.43 bits per heavy atom. The number of hydrogen-bond acceptors (Lipinski definition) is 6. The van der Waals surface area contributed by atoms with E-state index in [-0.39, 0.29) is 13.0 Å². The lowest BCUT2D eigenvalue weighted by Crippen LogP contribution is -2.34. The zero-order valence-electron chi connectivity index (χ0n) is 12.6. The lowest BCUT2D eigenvalue weighted by molar-refractivity contribution is -0.0680. The average molecular weight is 346 g/mol. The fourth-order valence-corrected chi connectivity index (χ4v) is 3.75. The Bertz CT molecular complexity index is 743. The molecule has 2 N–H and O–H groups in total. The Labute approximate surface area is 131 Å². The summed E-state index contributed by atoms with van der Waals surface area (Å²) in [6, 6.07) is 0.